The number of rotatable bonds is 5. The Balaban J connectivity index is 2.18. The van der Waals surface area contributed by atoms with E-state index in [1.54, 1.807) is 0 Å². The first kappa shape index (κ1) is 18.9. The average Bonchev–Trinajstić information content (AvgIpc) is 2.80. The maximum Gasteiger partial charge on any atom is 0.224 e. The first-order valence-corrected chi connectivity index (χ1v) is 7.05. The van der Waals surface area contributed by atoms with Crippen molar-refractivity contribution in [1.82, 2.24) is 0 Å². The van der Waals surface area contributed by atoms with Gasteiger partial charge < -0.3 is 55.1 Å². The number of hydrogen-bond acceptors (Lipinski definition) is 11. The molecule has 0 amide bonds. The van der Waals surface area contributed by atoms with Crippen LogP contribution in [0.25, 0.3) is 0 Å². The Morgan fingerprint density at radius 2 is 1.39 bits per heavy atom. The number of aliphatic hydroxyl groups excluding tert-OH is 8. The molecule has 2 aliphatic rings. The van der Waals surface area contributed by atoms with Crippen molar-refractivity contribution in [3.63, 3.8) is 0 Å². The molecule has 23 heavy (non-hydrogen) atoms. The number of ether oxygens (including phenoxy) is 3. The predicted octanol–water partition coefficient (Wildman–Crippen LogP) is -5.40. The van der Waals surface area contributed by atoms with Gasteiger partial charge in [0.2, 0.25) is 5.79 Å². The van der Waals surface area contributed by atoms with Gasteiger partial charge in [0.25, 0.3) is 0 Å². The van der Waals surface area contributed by atoms with E-state index in [9.17, 15) is 30.6 Å². The van der Waals surface area contributed by atoms with E-state index in [4.69, 9.17) is 24.4 Å². The molecule has 0 aliphatic carbocycles. The maximum atomic E-state index is 10.00. The smallest absolute Gasteiger partial charge is 0.224 e. The second-order valence-corrected chi connectivity index (χ2v) is 5.56. The molecule has 2 saturated heterocycles. The van der Waals surface area contributed by atoms with Gasteiger partial charge in [0, 0.05) is 0 Å². The van der Waals surface area contributed by atoms with E-state index in [-0.39, 0.29) is 0 Å². The van der Waals surface area contributed by atoms with Gasteiger partial charge in [0.05, 0.1) is 13.2 Å². The van der Waals surface area contributed by atoms with Crippen molar-refractivity contribution < 1.29 is 55.1 Å². The molecule has 0 aromatic carbocycles. The minimum absolute atomic E-state index is 0.669. The van der Waals surface area contributed by atoms with Crippen LogP contribution in [-0.2, 0) is 14.2 Å². The summed E-state index contributed by atoms with van der Waals surface area (Å²) < 4.78 is 15.4. The van der Waals surface area contributed by atoms with E-state index < -0.39 is 74.6 Å². The molecular weight excluding hydrogens is 320 g/mol. The second kappa shape index (κ2) is 7.21. The van der Waals surface area contributed by atoms with Gasteiger partial charge in [-0.05, 0) is 0 Å². The minimum Gasteiger partial charge on any atom is -0.394 e. The first-order valence-electron chi connectivity index (χ1n) is 7.05. The molecule has 0 spiro atoms. The van der Waals surface area contributed by atoms with E-state index in [0.29, 0.717) is 0 Å². The van der Waals surface area contributed by atoms with Gasteiger partial charge in [-0.2, -0.15) is 0 Å². The third kappa shape index (κ3) is 3.23. The molecule has 0 aromatic rings. The summed E-state index contributed by atoms with van der Waals surface area (Å²) in [6.07, 6.45) is -12.7. The second-order valence-electron chi connectivity index (χ2n) is 5.56. The van der Waals surface area contributed by atoms with E-state index >= 15 is 0 Å². The average molecular weight is 342 g/mol. The molecule has 0 aromatic heterocycles. The van der Waals surface area contributed by atoms with Crippen molar-refractivity contribution >= 4 is 0 Å². The van der Waals surface area contributed by atoms with Gasteiger partial charge in [0.15, 0.2) is 6.29 Å². The van der Waals surface area contributed by atoms with Crippen LogP contribution in [0, 0.1) is 0 Å². The highest BCUT2D eigenvalue weighted by atomic mass is 16.8. The van der Waals surface area contributed by atoms with Crippen LogP contribution < -0.4 is 0 Å². The van der Waals surface area contributed by atoms with Gasteiger partial charge >= 0.3 is 0 Å². The van der Waals surface area contributed by atoms with Crippen LogP contribution in [0.3, 0.4) is 0 Å². The molecule has 136 valence electrons. The van der Waals surface area contributed by atoms with Crippen molar-refractivity contribution in [3.8, 4) is 0 Å². The monoisotopic (exact) mass is 342 g/mol. The number of hydrogen-bond donors (Lipinski definition) is 8. The highest BCUT2D eigenvalue weighted by Crippen LogP contribution is 2.35. The summed E-state index contributed by atoms with van der Waals surface area (Å²) in [5, 5.41) is 76.7. The van der Waals surface area contributed by atoms with Crippen molar-refractivity contribution in [2.75, 3.05) is 19.8 Å². The Bertz CT molecular complexity index is 393. The van der Waals surface area contributed by atoms with Gasteiger partial charge in [-0.15, -0.1) is 0 Å². The van der Waals surface area contributed by atoms with E-state index in [1.807, 2.05) is 0 Å². The molecule has 2 heterocycles. The molecule has 0 bridgehead atoms. The van der Waals surface area contributed by atoms with Crippen LogP contribution in [-0.4, -0.2) is 115 Å². The van der Waals surface area contributed by atoms with Crippen molar-refractivity contribution in [3.05, 3.63) is 0 Å². The summed E-state index contributed by atoms with van der Waals surface area (Å²) >= 11 is 0. The van der Waals surface area contributed by atoms with E-state index in [2.05, 4.69) is 0 Å². The molecule has 0 saturated carbocycles. The quantitative estimate of drug-likeness (QED) is 0.238. The maximum absolute atomic E-state index is 10.00. The lowest BCUT2D eigenvalue weighted by atomic mass is 9.99. The zero-order valence-corrected chi connectivity index (χ0v) is 12.0. The molecular formula is C12H22O11. The summed E-state index contributed by atoms with van der Waals surface area (Å²) in [6.45, 7) is -2.32. The summed E-state index contributed by atoms with van der Waals surface area (Å²) in [5.41, 5.74) is 0. The Kier molecular flexibility index (Phi) is 5.92. The zero-order valence-electron chi connectivity index (χ0n) is 12.0. The molecule has 11 heteroatoms. The van der Waals surface area contributed by atoms with Crippen molar-refractivity contribution in [2.24, 2.45) is 0 Å². The molecule has 8 N–H and O–H groups in total. The topological polar surface area (TPSA) is 190 Å². The lowest BCUT2D eigenvalue weighted by molar-refractivity contribution is -0.383. The van der Waals surface area contributed by atoms with Crippen molar-refractivity contribution in [1.29, 1.82) is 0 Å². The fourth-order valence-electron chi connectivity index (χ4n) is 2.63. The largest absolute Gasteiger partial charge is 0.394 e. The van der Waals surface area contributed by atoms with Gasteiger partial charge in [-0.25, -0.2) is 0 Å². The molecule has 2 fully saturated rings. The highest BCUT2D eigenvalue weighted by molar-refractivity contribution is 4.98. The molecule has 2 aliphatic heterocycles. The lowest BCUT2D eigenvalue weighted by Gasteiger charge is -2.43. The zero-order chi connectivity index (χ0) is 17.4. The number of aliphatic hydroxyl groups is 8. The van der Waals surface area contributed by atoms with Gasteiger partial charge in [-0.3, -0.25) is 0 Å². The summed E-state index contributed by atoms with van der Waals surface area (Å²) in [6, 6.07) is 0. The van der Waals surface area contributed by atoms with E-state index in [0.717, 1.165) is 0 Å². The SMILES string of the molecule is OC[C@H]1O[C@@](CO)(O[C@@H]2O[C@H](CO)[C@@H](O)[C@H](O)[C@H]2O)[C@@H](O)[C@@H]1O. The fraction of sp³-hybridized carbons (Fsp3) is 1.00. The van der Waals surface area contributed by atoms with Crippen LogP contribution in [0.1, 0.15) is 0 Å². The Morgan fingerprint density at radius 1 is 0.783 bits per heavy atom. The Hall–Kier alpha value is -0.440. The molecule has 9 atom stereocenters. The van der Waals surface area contributed by atoms with Gasteiger partial charge in [-0.1, -0.05) is 0 Å². The van der Waals surface area contributed by atoms with Crippen LogP contribution in [0.2, 0.25) is 0 Å². The highest BCUT2D eigenvalue weighted by Gasteiger charge is 2.58. The normalized spacial score (nSPS) is 51.1. The molecule has 11 nitrogen and oxygen atoms in total. The third-order valence-corrected chi connectivity index (χ3v) is 4.07. The molecule has 0 unspecified atom stereocenters. The Labute approximate surface area is 130 Å². The first-order chi connectivity index (χ1) is 10.8. The summed E-state index contributed by atoms with van der Waals surface area (Å²) in [5.74, 6) is -2.22. The third-order valence-electron chi connectivity index (χ3n) is 4.07. The van der Waals surface area contributed by atoms with E-state index in [1.165, 1.54) is 0 Å². The Morgan fingerprint density at radius 3 is 1.87 bits per heavy atom. The molecule has 0 radical (unpaired) electrons. The van der Waals surface area contributed by atoms with Crippen LogP contribution >= 0.6 is 0 Å². The van der Waals surface area contributed by atoms with Gasteiger partial charge in [0.1, 0.15) is 49.3 Å². The van der Waals surface area contributed by atoms with Crippen LogP contribution in [0.15, 0.2) is 0 Å². The predicted molar refractivity (Wildman–Crippen MR) is 68.6 cm³/mol. The fourth-order valence-corrected chi connectivity index (χ4v) is 2.63. The summed E-state index contributed by atoms with van der Waals surface area (Å²) in [4.78, 5) is 0. The van der Waals surface area contributed by atoms with Crippen molar-refractivity contribution in [2.45, 2.75) is 54.8 Å². The van der Waals surface area contributed by atoms with Crippen LogP contribution in [0.5, 0.6) is 0 Å². The molecule has 2 rings (SSSR count). The minimum atomic E-state index is -2.22. The summed E-state index contributed by atoms with van der Waals surface area (Å²) in [7, 11) is 0. The van der Waals surface area contributed by atoms with Crippen LogP contribution in [0.4, 0.5) is 0 Å². The lowest BCUT2D eigenvalue weighted by Crippen LogP contribution is -2.62. The standard InChI is InChI=1S/C12H22O11/c13-1-4-6(16)8(18)9(19)11(21-4)23-12(3-15)10(20)7(17)5(2-14)22-12/h4-11,13-20H,1-3H2/t4-,5-,6-,7-,8+,9-,10+,11+,12+/m1/s1.